The molecule has 0 radical (unpaired) electrons. The van der Waals surface area contributed by atoms with Gasteiger partial charge in [0.2, 0.25) is 0 Å². The van der Waals surface area contributed by atoms with Gasteiger partial charge in [0.15, 0.2) is 0 Å². The maximum absolute atomic E-state index is 12.9. The van der Waals surface area contributed by atoms with Gasteiger partial charge in [-0.25, -0.2) is 8.78 Å². The molecule has 3 atom stereocenters. The molecular formula is C10H16F2O. The fraction of sp³-hybridized carbons (Fsp3) is 1.00. The molecule has 1 nitrogen and oxygen atoms in total. The largest absolute Gasteiger partial charge is 0.392 e. The van der Waals surface area contributed by atoms with Crippen molar-refractivity contribution in [2.24, 2.45) is 17.3 Å². The zero-order valence-electron chi connectivity index (χ0n) is 8.06. The van der Waals surface area contributed by atoms with Gasteiger partial charge in [0, 0.05) is 18.3 Å². The van der Waals surface area contributed by atoms with Crippen LogP contribution < -0.4 is 0 Å². The second-order valence-electron chi connectivity index (χ2n) is 4.77. The summed E-state index contributed by atoms with van der Waals surface area (Å²) in [4.78, 5) is 0. The first-order valence-corrected chi connectivity index (χ1v) is 4.96. The van der Waals surface area contributed by atoms with Gasteiger partial charge >= 0.3 is 0 Å². The second-order valence-corrected chi connectivity index (χ2v) is 4.77. The van der Waals surface area contributed by atoms with Gasteiger partial charge in [-0.1, -0.05) is 13.8 Å². The van der Waals surface area contributed by atoms with E-state index in [0.29, 0.717) is 18.3 Å². The standard InChI is InChI=1S/C10H16F2O/c1-6-7(2)10(6)4-3-9(11,12)5-8(10)13/h6-8,13H,3-5H2,1-2H3/t6?,7?,8-,10?/m0/s1. The van der Waals surface area contributed by atoms with Crippen molar-refractivity contribution < 1.29 is 13.9 Å². The van der Waals surface area contributed by atoms with Crippen molar-refractivity contribution in [1.29, 1.82) is 0 Å². The zero-order chi connectivity index (χ0) is 9.85. The molecule has 2 saturated carbocycles. The number of halogens is 2. The normalized spacial score (nSPS) is 53.8. The Morgan fingerprint density at radius 1 is 1.15 bits per heavy atom. The predicted molar refractivity (Wildman–Crippen MR) is 45.6 cm³/mol. The molecule has 76 valence electrons. The molecule has 1 spiro atoms. The minimum Gasteiger partial charge on any atom is -0.392 e. The maximum Gasteiger partial charge on any atom is 0.250 e. The number of aliphatic hydroxyl groups excluding tert-OH is 1. The van der Waals surface area contributed by atoms with Crippen molar-refractivity contribution in [2.75, 3.05) is 0 Å². The summed E-state index contributed by atoms with van der Waals surface area (Å²) in [6.45, 7) is 4.11. The van der Waals surface area contributed by atoms with Crippen molar-refractivity contribution >= 4 is 0 Å². The Bertz CT molecular complexity index is 219. The quantitative estimate of drug-likeness (QED) is 0.622. The second kappa shape index (κ2) is 2.44. The highest BCUT2D eigenvalue weighted by Crippen LogP contribution is 2.67. The van der Waals surface area contributed by atoms with Crippen LogP contribution in [0.5, 0.6) is 0 Å². The minimum absolute atomic E-state index is 0.0429. The van der Waals surface area contributed by atoms with E-state index in [0.717, 1.165) is 0 Å². The Hall–Kier alpha value is -0.180. The monoisotopic (exact) mass is 190 g/mol. The summed E-state index contributed by atoms with van der Waals surface area (Å²) in [6.07, 6.45) is -0.676. The van der Waals surface area contributed by atoms with E-state index < -0.39 is 12.0 Å². The SMILES string of the molecule is CC1C(C)C12CCC(F)(F)C[C@@H]2O. The predicted octanol–water partition coefficient (Wildman–Crippen LogP) is 2.44. The topological polar surface area (TPSA) is 20.2 Å². The molecule has 2 aliphatic rings. The lowest BCUT2D eigenvalue weighted by Gasteiger charge is -2.34. The van der Waals surface area contributed by atoms with Crippen molar-refractivity contribution in [3.8, 4) is 0 Å². The van der Waals surface area contributed by atoms with E-state index in [1.807, 2.05) is 0 Å². The average molecular weight is 190 g/mol. The average Bonchev–Trinajstić information content (AvgIpc) is 2.51. The van der Waals surface area contributed by atoms with Crippen LogP contribution in [0.25, 0.3) is 0 Å². The summed E-state index contributed by atoms with van der Waals surface area (Å²) in [5.74, 6) is -1.80. The number of alkyl halides is 2. The summed E-state index contributed by atoms with van der Waals surface area (Å²) >= 11 is 0. The first kappa shape index (κ1) is 9.38. The Balaban J connectivity index is 2.12. The third-order valence-electron chi connectivity index (χ3n) is 4.37. The summed E-state index contributed by atoms with van der Waals surface area (Å²) in [5, 5.41) is 9.70. The maximum atomic E-state index is 12.9. The van der Waals surface area contributed by atoms with E-state index in [1.54, 1.807) is 0 Å². The first-order chi connectivity index (χ1) is 5.90. The van der Waals surface area contributed by atoms with E-state index in [9.17, 15) is 13.9 Å². The van der Waals surface area contributed by atoms with E-state index in [1.165, 1.54) is 0 Å². The lowest BCUT2D eigenvalue weighted by molar-refractivity contribution is -0.110. The van der Waals surface area contributed by atoms with Crippen molar-refractivity contribution in [3.05, 3.63) is 0 Å². The molecular weight excluding hydrogens is 174 g/mol. The highest BCUT2D eigenvalue weighted by atomic mass is 19.3. The lowest BCUT2D eigenvalue weighted by atomic mass is 9.79. The number of hydrogen-bond donors (Lipinski definition) is 1. The third-order valence-corrected chi connectivity index (χ3v) is 4.37. The van der Waals surface area contributed by atoms with Crippen LogP contribution in [-0.4, -0.2) is 17.1 Å². The van der Waals surface area contributed by atoms with Crippen molar-refractivity contribution in [2.45, 2.75) is 45.1 Å². The Labute approximate surface area is 77.1 Å². The number of aliphatic hydroxyl groups is 1. The van der Waals surface area contributed by atoms with Crippen LogP contribution >= 0.6 is 0 Å². The molecule has 0 aromatic rings. The molecule has 0 saturated heterocycles. The molecule has 13 heavy (non-hydrogen) atoms. The Morgan fingerprint density at radius 3 is 2.08 bits per heavy atom. The van der Waals surface area contributed by atoms with Crippen molar-refractivity contribution in [1.82, 2.24) is 0 Å². The van der Waals surface area contributed by atoms with Gasteiger partial charge in [0.05, 0.1) is 6.10 Å². The molecule has 3 heteroatoms. The Kier molecular flexibility index (Phi) is 1.76. The van der Waals surface area contributed by atoms with Gasteiger partial charge in [0.25, 0.3) is 5.92 Å². The summed E-state index contributed by atoms with van der Waals surface area (Å²) in [6, 6.07) is 0. The molecule has 0 heterocycles. The van der Waals surface area contributed by atoms with Crippen LogP contribution in [0.2, 0.25) is 0 Å². The van der Waals surface area contributed by atoms with Gasteiger partial charge in [-0.15, -0.1) is 0 Å². The molecule has 2 rings (SSSR count). The van der Waals surface area contributed by atoms with Crippen LogP contribution in [0.15, 0.2) is 0 Å². The number of hydrogen-bond acceptors (Lipinski definition) is 1. The van der Waals surface area contributed by atoms with E-state index >= 15 is 0 Å². The molecule has 2 aliphatic carbocycles. The zero-order valence-corrected chi connectivity index (χ0v) is 8.06. The summed E-state index contributed by atoms with van der Waals surface area (Å²) in [5.41, 5.74) is -0.165. The summed E-state index contributed by atoms with van der Waals surface area (Å²) in [7, 11) is 0. The van der Waals surface area contributed by atoms with Crippen LogP contribution in [0.1, 0.15) is 33.1 Å². The number of rotatable bonds is 0. The van der Waals surface area contributed by atoms with Gasteiger partial charge in [-0.2, -0.15) is 0 Å². The fourth-order valence-corrected chi connectivity index (χ4v) is 3.10. The molecule has 1 N–H and O–H groups in total. The molecule has 2 unspecified atom stereocenters. The highest BCUT2D eigenvalue weighted by molar-refractivity contribution is 5.13. The molecule has 0 aromatic carbocycles. The molecule has 2 fully saturated rings. The fourth-order valence-electron chi connectivity index (χ4n) is 3.10. The van der Waals surface area contributed by atoms with Crippen LogP contribution in [0.3, 0.4) is 0 Å². The smallest absolute Gasteiger partial charge is 0.250 e. The van der Waals surface area contributed by atoms with E-state index in [-0.39, 0.29) is 18.3 Å². The lowest BCUT2D eigenvalue weighted by Crippen LogP contribution is -2.39. The Morgan fingerprint density at radius 2 is 1.69 bits per heavy atom. The minimum atomic E-state index is -2.63. The summed E-state index contributed by atoms with van der Waals surface area (Å²) < 4.78 is 25.8. The van der Waals surface area contributed by atoms with Crippen LogP contribution in [0, 0.1) is 17.3 Å². The third kappa shape index (κ3) is 1.13. The van der Waals surface area contributed by atoms with Crippen LogP contribution in [-0.2, 0) is 0 Å². The van der Waals surface area contributed by atoms with E-state index in [4.69, 9.17) is 0 Å². The molecule has 0 amide bonds. The van der Waals surface area contributed by atoms with E-state index in [2.05, 4.69) is 13.8 Å². The van der Waals surface area contributed by atoms with Crippen LogP contribution in [0.4, 0.5) is 8.78 Å². The van der Waals surface area contributed by atoms with Gasteiger partial charge in [0.1, 0.15) is 0 Å². The van der Waals surface area contributed by atoms with Crippen molar-refractivity contribution in [3.63, 3.8) is 0 Å². The molecule has 0 bridgehead atoms. The van der Waals surface area contributed by atoms with Gasteiger partial charge in [-0.3, -0.25) is 0 Å². The molecule has 0 aromatic heterocycles. The molecule has 0 aliphatic heterocycles. The highest BCUT2D eigenvalue weighted by Gasteiger charge is 2.66. The van der Waals surface area contributed by atoms with Gasteiger partial charge < -0.3 is 5.11 Å². The first-order valence-electron chi connectivity index (χ1n) is 4.96. The van der Waals surface area contributed by atoms with Gasteiger partial charge in [-0.05, 0) is 18.3 Å².